The van der Waals surface area contributed by atoms with Crippen molar-refractivity contribution in [2.24, 2.45) is 0 Å². The standard InChI is InChI=1S/C27H31N3O2/c1-3-7-22(8-4-1)26-24(20-29-11-15-31-16-12-29)19-25(21-30-13-17-32-18-14-30)27(28-26)23-9-5-2-6-10-23/h1-10,19H,11-18,20-21H2. The SMILES string of the molecule is c1ccc(-c2nc(-c3ccccc3)c(CN3CCOCC3)cc2CN2CCOCC2)cc1. The van der Waals surface area contributed by atoms with Gasteiger partial charge in [0.2, 0.25) is 0 Å². The van der Waals surface area contributed by atoms with E-state index in [1.54, 1.807) is 0 Å². The molecule has 0 atom stereocenters. The van der Waals surface area contributed by atoms with E-state index in [9.17, 15) is 0 Å². The number of nitrogens with zero attached hydrogens (tertiary/aromatic N) is 3. The van der Waals surface area contributed by atoms with Crippen molar-refractivity contribution in [3.63, 3.8) is 0 Å². The molecule has 5 heteroatoms. The van der Waals surface area contributed by atoms with Crippen LogP contribution in [0.1, 0.15) is 11.1 Å². The Hall–Kier alpha value is -2.57. The topological polar surface area (TPSA) is 37.8 Å². The molecule has 0 amide bonds. The molecule has 3 aromatic rings. The largest absolute Gasteiger partial charge is 0.379 e. The number of benzene rings is 2. The molecular formula is C27H31N3O2. The van der Waals surface area contributed by atoms with Gasteiger partial charge in [0.15, 0.2) is 0 Å². The van der Waals surface area contributed by atoms with Crippen LogP contribution in [-0.4, -0.2) is 67.4 Å². The van der Waals surface area contributed by atoms with Gasteiger partial charge in [0.1, 0.15) is 0 Å². The molecule has 166 valence electrons. The quantitative estimate of drug-likeness (QED) is 0.590. The lowest BCUT2D eigenvalue weighted by Gasteiger charge is -2.29. The van der Waals surface area contributed by atoms with Crippen molar-refractivity contribution in [1.82, 2.24) is 14.8 Å². The normalized spacial score (nSPS) is 18.0. The predicted octanol–water partition coefficient (Wildman–Crippen LogP) is 4.08. The van der Waals surface area contributed by atoms with Crippen LogP contribution in [0.2, 0.25) is 0 Å². The number of rotatable bonds is 6. The van der Waals surface area contributed by atoms with Gasteiger partial charge in [-0.25, -0.2) is 4.98 Å². The molecule has 0 bridgehead atoms. The first-order chi connectivity index (χ1) is 15.9. The lowest BCUT2D eigenvalue weighted by molar-refractivity contribution is 0.0334. The molecule has 0 saturated carbocycles. The summed E-state index contributed by atoms with van der Waals surface area (Å²) in [5.74, 6) is 0. The van der Waals surface area contributed by atoms with E-state index in [0.29, 0.717) is 0 Å². The monoisotopic (exact) mass is 429 g/mol. The molecule has 2 aliphatic rings. The van der Waals surface area contributed by atoms with Crippen molar-refractivity contribution in [1.29, 1.82) is 0 Å². The summed E-state index contributed by atoms with van der Waals surface area (Å²) in [6.45, 7) is 8.86. The maximum absolute atomic E-state index is 5.58. The number of ether oxygens (including phenoxy) is 2. The van der Waals surface area contributed by atoms with Crippen molar-refractivity contribution >= 4 is 0 Å². The maximum atomic E-state index is 5.58. The van der Waals surface area contributed by atoms with Gasteiger partial charge in [-0.15, -0.1) is 0 Å². The van der Waals surface area contributed by atoms with Gasteiger partial charge in [0.05, 0.1) is 37.8 Å². The zero-order chi connectivity index (χ0) is 21.6. The van der Waals surface area contributed by atoms with Crippen LogP contribution in [-0.2, 0) is 22.6 Å². The molecule has 5 rings (SSSR count). The second-order valence-corrected chi connectivity index (χ2v) is 8.51. The van der Waals surface area contributed by atoms with E-state index in [-0.39, 0.29) is 0 Å². The van der Waals surface area contributed by atoms with E-state index in [0.717, 1.165) is 77.1 Å². The summed E-state index contributed by atoms with van der Waals surface area (Å²) in [7, 11) is 0. The van der Waals surface area contributed by atoms with Crippen LogP contribution in [0, 0.1) is 0 Å². The van der Waals surface area contributed by atoms with Crippen LogP contribution < -0.4 is 0 Å². The molecule has 1 aromatic heterocycles. The molecule has 2 aromatic carbocycles. The molecule has 3 heterocycles. The molecule has 2 fully saturated rings. The fraction of sp³-hybridized carbons (Fsp3) is 0.370. The van der Waals surface area contributed by atoms with E-state index < -0.39 is 0 Å². The minimum absolute atomic E-state index is 0.802. The highest BCUT2D eigenvalue weighted by molar-refractivity contribution is 5.71. The second-order valence-electron chi connectivity index (χ2n) is 8.51. The lowest BCUT2D eigenvalue weighted by atomic mass is 9.98. The van der Waals surface area contributed by atoms with Crippen molar-refractivity contribution in [2.75, 3.05) is 52.6 Å². The molecule has 2 saturated heterocycles. The molecule has 0 unspecified atom stereocenters. The number of hydrogen-bond acceptors (Lipinski definition) is 5. The molecular weight excluding hydrogens is 398 g/mol. The average molecular weight is 430 g/mol. The first-order valence-electron chi connectivity index (χ1n) is 11.6. The molecule has 0 aliphatic carbocycles. The van der Waals surface area contributed by atoms with Gasteiger partial charge in [-0.05, 0) is 17.2 Å². The van der Waals surface area contributed by atoms with E-state index in [1.165, 1.54) is 22.3 Å². The molecule has 0 N–H and O–H groups in total. The van der Waals surface area contributed by atoms with Crippen molar-refractivity contribution < 1.29 is 9.47 Å². The van der Waals surface area contributed by atoms with Gasteiger partial charge in [0, 0.05) is 50.4 Å². The summed E-state index contributed by atoms with van der Waals surface area (Å²) >= 11 is 0. The third-order valence-electron chi connectivity index (χ3n) is 6.27. The van der Waals surface area contributed by atoms with Gasteiger partial charge in [-0.1, -0.05) is 60.7 Å². The Morgan fingerprint density at radius 3 is 1.41 bits per heavy atom. The maximum Gasteiger partial charge on any atom is 0.0754 e. The number of morpholine rings is 2. The molecule has 0 spiro atoms. The highest BCUT2D eigenvalue weighted by Crippen LogP contribution is 2.31. The zero-order valence-corrected chi connectivity index (χ0v) is 18.6. The summed E-state index contributed by atoms with van der Waals surface area (Å²) in [5, 5.41) is 0. The fourth-order valence-electron chi connectivity index (χ4n) is 4.54. The third kappa shape index (κ3) is 5.08. The van der Waals surface area contributed by atoms with Gasteiger partial charge < -0.3 is 9.47 Å². The average Bonchev–Trinajstić information content (AvgIpc) is 2.87. The Morgan fingerprint density at radius 2 is 1.00 bits per heavy atom. The lowest BCUT2D eigenvalue weighted by Crippen LogP contribution is -2.36. The van der Waals surface area contributed by atoms with Crippen LogP contribution in [0.25, 0.3) is 22.5 Å². The minimum atomic E-state index is 0.802. The van der Waals surface area contributed by atoms with Crippen molar-refractivity contribution in [3.8, 4) is 22.5 Å². The van der Waals surface area contributed by atoms with E-state index in [2.05, 4.69) is 76.5 Å². The van der Waals surface area contributed by atoms with Gasteiger partial charge in [0.25, 0.3) is 0 Å². The van der Waals surface area contributed by atoms with Crippen LogP contribution in [0.5, 0.6) is 0 Å². The predicted molar refractivity (Wildman–Crippen MR) is 127 cm³/mol. The van der Waals surface area contributed by atoms with Crippen molar-refractivity contribution in [3.05, 3.63) is 77.9 Å². The summed E-state index contributed by atoms with van der Waals surface area (Å²) in [6.07, 6.45) is 0. The first-order valence-corrected chi connectivity index (χ1v) is 11.6. The molecule has 2 aliphatic heterocycles. The van der Waals surface area contributed by atoms with Crippen LogP contribution >= 0.6 is 0 Å². The Morgan fingerprint density at radius 1 is 0.594 bits per heavy atom. The van der Waals surface area contributed by atoms with Gasteiger partial charge in [-0.3, -0.25) is 9.80 Å². The van der Waals surface area contributed by atoms with Crippen LogP contribution in [0.4, 0.5) is 0 Å². The number of pyridine rings is 1. The summed E-state index contributed by atoms with van der Waals surface area (Å²) in [5.41, 5.74) is 7.10. The van der Waals surface area contributed by atoms with E-state index in [1.807, 2.05) is 0 Å². The summed E-state index contributed by atoms with van der Waals surface area (Å²) in [4.78, 5) is 10.3. The Bertz CT molecular complexity index is 919. The Balaban J connectivity index is 1.59. The first kappa shape index (κ1) is 21.3. The zero-order valence-electron chi connectivity index (χ0n) is 18.6. The third-order valence-corrected chi connectivity index (χ3v) is 6.27. The molecule has 32 heavy (non-hydrogen) atoms. The van der Waals surface area contributed by atoms with Crippen LogP contribution in [0.15, 0.2) is 66.7 Å². The highest BCUT2D eigenvalue weighted by Gasteiger charge is 2.20. The Kier molecular flexibility index (Phi) is 6.89. The minimum Gasteiger partial charge on any atom is -0.379 e. The summed E-state index contributed by atoms with van der Waals surface area (Å²) < 4.78 is 11.2. The van der Waals surface area contributed by atoms with Gasteiger partial charge in [-0.2, -0.15) is 0 Å². The highest BCUT2D eigenvalue weighted by atomic mass is 16.5. The van der Waals surface area contributed by atoms with Crippen LogP contribution in [0.3, 0.4) is 0 Å². The second kappa shape index (κ2) is 10.4. The molecule has 5 nitrogen and oxygen atoms in total. The van der Waals surface area contributed by atoms with E-state index in [4.69, 9.17) is 14.5 Å². The number of aromatic nitrogens is 1. The number of hydrogen-bond donors (Lipinski definition) is 0. The van der Waals surface area contributed by atoms with Crippen molar-refractivity contribution in [2.45, 2.75) is 13.1 Å². The van der Waals surface area contributed by atoms with Gasteiger partial charge >= 0.3 is 0 Å². The molecule has 0 radical (unpaired) electrons. The smallest absolute Gasteiger partial charge is 0.0754 e. The summed E-state index contributed by atoms with van der Waals surface area (Å²) in [6, 6.07) is 23.6. The van der Waals surface area contributed by atoms with E-state index >= 15 is 0 Å². The fourth-order valence-corrected chi connectivity index (χ4v) is 4.54. The Labute approximate surface area is 190 Å².